The van der Waals surface area contributed by atoms with Gasteiger partial charge in [0.25, 0.3) is 0 Å². The molecule has 0 saturated carbocycles. The van der Waals surface area contributed by atoms with Gasteiger partial charge in [-0.2, -0.15) is 5.10 Å². The van der Waals surface area contributed by atoms with Gasteiger partial charge in [-0.3, -0.25) is 5.10 Å². The molecule has 0 bridgehead atoms. The predicted octanol–water partition coefficient (Wildman–Crippen LogP) is -0.935. The normalized spacial score (nSPS) is 11.8. The highest BCUT2D eigenvalue weighted by atomic mass is 16.4. The molecule has 21 heavy (non-hydrogen) atoms. The van der Waals surface area contributed by atoms with Crippen LogP contribution >= 0.6 is 0 Å². The Morgan fingerprint density at radius 2 is 2.29 bits per heavy atom. The van der Waals surface area contributed by atoms with Crippen molar-refractivity contribution in [1.29, 1.82) is 0 Å². The number of amides is 2. The number of hydrogen-bond acceptors (Lipinski definition) is 5. The molecule has 2 amide bonds. The average molecular weight is 293 g/mol. The van der Waals surface area contributed by atoms with E-state index in [0.717, 1.165) is 0 Å². The van der Waals surface area contributed by atoms with Crippen LogP contribution in [0.1, 0.15) is 11.5 Å². The van der Waals surface area contributed by atoms with Gasteiger partial charge in [0.15, 0.2) is 0 Å². The summed E-state index contributed by atoms with van der Waals surface area (Å²) < 4.78 is 0. The van der Waals surface area contributed by atoms with Gasteiger partial charge in [-0.25, -0.2) is 19.6 Å². The van der Waals surface area contributed by atoms with Gasteiger partial charge in [-0.1, -0.05) is 0 Å². The Bertz CT molecular complexity index is 567. The van der Waals surface area contributed by atoms with E-state index in [2.05, 4.69) is 35.8 Å². The summed E-state index contributed by atoms with van der Waals surface area (Å²) in [6.07, 6.45) is 4.95. The summed E-state index contributed by atoms with van der Waals surface area (Å²) in [5.74, 6) is -0.475. The van der Waals surface area contributed by atoms with Crippen molar-refractivity contribution in [2.45, 2.75) is 18.9 Å². The molecule has 0 fully saturated rings. The molecule has 2 aromatic heterocycles. The zero-order valence-corrected chi connectivity index (χ0v) is 11.0. The van der Waals surface area contributed by atoms with Gasteiger partial charge in [0.05, 0.1) is 6.33 Å². The largest absolute Gasteiger partial charge is 0.480 e. The predicted molar refractivity (Wildman–Crippen MR) is 70.3 cm³/mol. The van der Waals surface area contributed by atoms with Crippen LogP contribution in [-0.4, -0.2) is 54.8 Å². The Hall–Kier alpha value is -2.91. The average Bonchev–Trinajstić information content (AvgIpc) is 3.10. The lowest BCUT2D eigenvalue weighted by Gasteiger charge is -2.14. The van der Waals surface area contributed by atoms with E-state index in [-0.39, 0.29) is 6.42 Å². The van der Waals surface area contributed by atoms with E-state index in [9.17, 15) is 9.59 Å². The summed E-state index contributed by atoms with van der Waals surface area (Å²) in [4.78, 5) is 33.3. The first-order valence-electron chi connectivity index (χ1n) is 6.24. The Balaban J connectivity index is 1.76. The van der Waals surface area contributed by atoms with Crippen molar-refractivity contribution in [3.8, 4) is 0 Å². The van der Waals surface area contributed by atoms with Crippen LogP contribution in [0.5, 0.6) is 0 Å². The lowest BCUT2D eigenvalue weighted by molar-refractivity contribution is -0.139. The molecule has 0 unspecified atom stereocenters. The summed E-state index contributed by atoms with van der Waals surface area (Å²) in [7, 11) is 0. The molecule has 2 heterocycles. The van der Waals surface area contributed by atoms with Crippen LogP contribution in [-0.2, 0) is 17.6 Å². The summed E-state index contributed by atoms with van der Waals surface area (Å²) in [5.41, 5.74) is 0.629. The van der Waals surface area contributed by atoms with Crippen LogP contribution < -0.4 is 10.6 Å². The molecule has 0 aliphatic carbocycles. The molecular weight excluding hydrogens is 278 g/mol. The van der Waals surface area contributed by atoms with Crippen LogP contribution in [0.2, 0.25) is 0 Å². The number of carbonyl (C=O) groups excluding carboxylic acids is 1. The number of rotatable bonds is 7. The second-order valence-electron chi connectivity index (χ2n) is 4.25. The van der Waals surface area contributed by atoms with Crippen molar-refractivity contribution < 1.29 is 14.7 Å². The summed E-state index contributed by atoms with van der Waals surface area (Å²) in [5, 5.41) is 20.4. The standard InChI is InChI=1S/C11H15N7O3/c19-10(20)8(3-7-4-12-5-14-7)17-11(21)13-2-1-9-15-6-16-18-9/h4-6,8H,1-3H2,(H,12,14)(H,19,20)(H2,13,17,21)(H,15,16,18)/t8-/m0/s1. The van der Waals surface area contributed by atoms with E-state index >= 15 is 0 Å². The minimum atomic E-state index is -1.12. The molecule has 0 aliphatic rings. The second kappa shape index (κ2) is 7.03. The molecule has 10 heteroatoms. The number of urea groups is 1. The third kappa shape index (κ3) is 4.60. The molecule has 112 valence electrons. The van der Waals surface area contributed by atoms with Crippen LogP contribution in [0.25, 0.3) is 0 Å². The molecule has 5 N–H and O–H groups in total. The van der Waals surface area contributed by atoms with E-state index in [4.69, 9.17) is 5.11 Å². The maximum absolute atomic E-state index is 11.7. The van der Waals surface area contributed by atoms with Crippen molar-refractivity contribution in [2.75, 3.05) is 6.54 Å². The van der Waals surface area contributed by atoms with Crippen molar-refractivity contribution in [3.05, 3.63) is 30.4 Å². The third-order valence-corrected chi connectivity index (χ3v) is 2.69. The number of nitrogens with zero attached hydrogens (tertiary/aromatic N) is 3. The Morgan fingerprint density at radius 3 is 2.90 bits per heavy atom. The summed E-state index contributed by atoms with van der Waals surface area (Å²) >= 11 is 0. The fourth-order valence-electron chi connectivity index (χ4n) is 1.67. The fraction of sp³-hybridized carbons (Fsp3) is 0.364. The number of aliphatic carboxylic acids is 1. The van der Waals surface area contributed by atoms with Crippen molar-refractivity contribution in [3.63, 3.8) is 0 Å². The number of aromatic nitrogens is 5. The molecule has 0 saturated heterocycles. The van der Waals surface area contributed by atoms with Gasteiger partial charge in [0, 0.05) is 31.3 Å². The zero-order chi connectivity index (χ0) is 15.1. The van der Waals surface area contributed by atoms with E-state index in [1.165, 1.54) is 18.9 Å². The first-order valence-corrected chi connectivity index (χ1v) is 6.24. The van der Waals surface area contributed by atoms with Gasteiger partial charge in [-0.05, 0) is 0 Å². The van der Waals surface area contributed by atoms with Crippen molar-refractivity contribution in [1.82, 2.24) is 35.8 Å². The van der Waals surface area contributed by atoms with Crippen molar-refractivity contribution >= 4 is 12.0 Å². The lowest BCUT2D eigenvalue weighted by atomic mass is 10.2. The SMILES string of the molecule is O=C(NCCc1ncn[nH]1)N[C@@H](Cc1cnc[nH]1)C(=O)O. The number of hydrogen-bond donors (Lipinski definition) is 5. The minimum Gasteiger partial charge on any atom is -0.480 e. The van der Waals surface area contributed by atoms with E-state index in [0.29, 0.717) is 24.5 Å². The molecule has 0 spiro atoms. The van der Waals surface area contributed by atoms with Crippen LogP contribution in [0, 0.1) is 0 Å². The third-order valence-electron chi connectivity index (χ3n) is 2.69. The van der Waals surface area contributed by atoms with Gasteiger partial charge in [-0.15, -0.1) is 0 Å². The Kier molecular flexibility index (Phi) is 4.85. The van der Waals surface area contributed by atoms with E-state index in [1.807, 2.05) is 0 Å². The minimum absolute atomic E-state index is 0.130. The molecule has 1 atom stereocenters. The topological polar surface area (TPSA) is 149 Å². The second-order valence-corrected chi connectivity index (χ2v) is 4.25. The number of carboxylic acid groups (broad SMARTS) is 1. The number of nitrogens with one attached hydrogen (secondary N) is 4. The highest BCUT2D eigenvalue weighted by Gasteiger charge is 2.20. The number of carbonyl (C=O) groups is 2. The van der Waals surface area contributed by atoms with Gasteiger partial charge in [0.2, 0.25) is 0 Å². The van der Waals surface area contributed by atoms with Gasteiger partial charge >= 0.3 is 12.0 Å². The molecule has 0 radical (unpaired) electrons. The summed E-state index contributed by atoms with van der Waals surface area (Å²) in [6.45, 7) is 0.317. The Labute approximate surface area is 119 Å². The monoisotopic (exact) mass is 293 g/mol. The maximum Gasteiger partial charge on any atom is 0.326 e. The molecular formula is C11H15N7O3. The first-order chi connectivity index (χ1) is 10.1. The van der Waals surface area contributed by atoms with Crippen LogP contribution in [0.15, 0.2) is 18.9 Å². The van der Waals surface area contributed by atoms with Crippen LogP contribution in [0.4, 0.5) is 4.79 Å². The molecule has 2 aromatic rings. The smallest absolute Gasteiger partial charge is 0.326 e. The fourth-order valence-corrected chi connectivity index (χ4v) is 1.67. The number of aromatic amines is 2. The zero-order valence-electron chi connectivity index (χ0n) is 11.0. The lowest BCUT2D eigenvalue weighted by Crippen LogP contribution is -2.47. The highest BCUT2D eigenvalue weighted by molar-refractivity contribution is 5.82. The number of H-pyrrole nitrogens is 2. The first kappa shape index (κ1) is 14.5. The number of imidazole rings is 1. The van der Waals surface area contributed by atoms with Crippen LogP contribution in [0.3, 0.4) is 0 Å². The molecule has 0 aromatic carbocycles. The molecule has 2 rings (SSSR count). The van der Waals surface area contributed by atoms with Gasteiger partial charge < -0.3 is 20.7 Å². The maximum atomic E-state index is 11.7. The highest BCUT2D eigenvalue weighted by Crippen LogP contribution is 1.98. The van der Waals surface area contributed by atoms with E-state index in [1.54, 1.807) is 0 Å². The molecule has 0 aliphatic heterocycles. The molecule has 10 nitrogen and oxygen atoms in total. The van der Waals surface area contributed by atoms with E-state index < -0.39 is 18.0 Å². The van der Waals surface area contributed by atoms with Crippen molar-refractivity contribution in [2.24, 2.45) is 0 Å². The quantitative estimate of drug-likeness (QED) is 0.445. The summed E-state index contributed by atoms with van der Waals surface area (Å²) in [6, 6.07) is -1.59. The number of carboxylic acids is 1. The Morgan fingerprint density at radius 1 is 1.43 bits per heavy atom. The van der Waals surface area contributed by atoms with Gasteiger partial charge in [0.1, 0.15) is 18.2 Å².